The summed E-state index contributed by atoms with van der Waals surface area (Å²) in [4.78, 5) is 4.57. The third-order valence-electron chi connectivity index (χ3n) is 4.40. The molecule has 3 heteroatoms. The number of nitrogens with zero attached hydrogens (tertiary/aromatic N) is 2. The van der Waals surface area contributed by atoms with Crippen molar-refractivity contribution < 1.29 is 4.74 Å². The number of benzene rings is 3. The number of hydrogen-bond donors (Lipinski definition) is 0. The van der Waals surface area contributed by atoms with Crippen LogP contribution in [0.4, 0.5) is 11.4 Å². The molecule has 1 heterocycles. The predicted molar refractivity (Wildman–Crippen MR) is 104 cm³/mol. The Bertz CT molecular complexity index is 875. The topological polar surface area (TPSA) is 15.7 Å². The maximum absolute atomic E-state index is 5.60. The second-order valence-corrected chi connectivity index (χ2v) is 5.92. The Balaban J connectivity index is 1.80. The Morgan fingerprint density at radius 3 is 2.00 bits per heavy atom. The van der Waals surface area contributed by atoms with Crippen LogP contribution >= 0.6 is 0 Å². The third kappa shape index (κ3) is 2.96. The highest BCUT2D eigenvalue weighted by Gasteiger charge is 2.26. The molecule has 0 bridgehead atoms. The van der Waals surface area contributed by atoms with Crippen molar-refractivity contribution in [3.63, 3.8) is 0 Å². The molecule has 0 N–H and O–H groups in total. The summed E-state index contributed by atoms with van der Waals surface area (Å²) in [7, 11) is 1.72. The summed E-state index contributed by atoms with van der Waals surface area (Å²) in [5.74, 6) is 0.879. The molecule has 0 saturated carbocycles. The monoisotopic (exact) mass is 328 g/mol. The van der Waals surface area contributed by atoms with E-state index in [1.807, 2.05) is 30.3 Å². The van der Waals surface area contributed by atoms with Gasteiger partial charge in [0.05, 0.1) is 19.5 Å². The van der Waals surface area contributed by atoms with Crippen LogP contribution in [0.3, 0.4) is 0 Å². The smallest absolute Gasteiger partial charge is 0.128 e. The lowest BCUT2D eigenvalue weighted by Crippen LogP contribution is -2.26. The van der Waals surface area contributed by atoms with Crippen molar-refractivity contribution in [3.05, 3.63) is 96.7 Å². The molecule has 0 amide bonds. The molecule has 0 unspecified atom stereocenters. The highest BCUT2D eigenvalue weighted by Crippen LogP contribution is 2.37. The van der Waals surface area contributed by atoms with E-state index >= 15 is 0 Å². The first-order valence-electron chi connectivity index (χ1n) is 8.36. The second-order valence-electron chi connectivity index (χ2n) is 5.92. The van der Waals surface area contributed by atoms with Gasteiger partial charge in [-0.2, -0.15) is 0 Å². The van der Waals surface area contributed by atoms with Crippen LogP contribution in [0.25, 0.3) is 5.70 Å². The molecule has 0 saturated heterocycles. The van der Waals surface area contributed by atoms with Crippen molar-refractivity contribution in [3.8, 4) is 5.75 Å². The molecule has 0 spiro atoms. The molecule has 0 radical (unpaired) electrons. The Hall–Kier alpha value is -3.20. The first-order chi connectivity index (χ1) is 12.4. The molecule has 3 aromatic rings. The highest BCUT2D eigenvalue weighted by atomic mass is 16.5. The molecule has 25 heavy (non-hydrogen) atoms. The van der Waals surface area contributed by atoms with Crippen LogP contribution in [0, 0.1) is 0 Å². The van der Waals surface area contributed by atoms with Crippen molar-refractivity contribution in [1.29, 1.82) is 0 Å². The average molecular weight is 328 g/mol. The minimum Gasteiger partial charge on any atom is -0.496 e. The van der Waals surface area contributed by atoms with Crippen LogP contribution in [0.2, 0.25) is 0 Å². The van der Waals surface area contributed by atoms with Gasteiger partial charge in [0.15, 0.2) is 0 Å². The van der Waals surface area contributed by atoms with Gasteiger partial charge in [0.25, 0.3) is 0 Å². The minimum absolute atomic E-state index is 0.765. The van der Waals surface area contributed by atoms with Crippen LogP contribution < -0.4 is 14.5 Å². The number of para-hydroxylation sites is 3. The molecule has 4 rings (SSSR count). The maximum Gasteiger partial charge on any atom is 0.128 e. The van der Waals surface area contributed by atoms with Gasteiger partial charge in [0.2, 0.25) is 0 Å². The summed E-state index contributed by atoms with van der Waals surface area (Å²) in [5, 5.41) is 0. The van der Waals surface area contributed by atoms with Crippen LogP contribution in [-0.2, 0) is 0 Å². The van der Waals surface area contributed by atoms with Gasteiger partial charge in [-0.05, 0) is 36.4 Å². The average Bonchev–Trinajstić information content (AvgIpc) is 3.14. The summed E-state index contributed by atoms with van der Waals surface area (Å²) in [6, 6.07) is 29.0. The molecule has 1 aliphatic heterocycles. The summed E-state index contributed by atoms with van der Waals surface area (Å²) < 4.78 is 5.60. The molecule has 0 aliphatic carbocycles. The van der Waals surface area contributed by atoms with Gasteiger partial charge in [-0.25, -0.2) is 0 Å². The quantitative estimate of drug-likeness (QED) is 0.672. The van der Waals surface area contributed by atoms with E-state index in [9.17, 15) is 0 Å². The Kier molecular flexibility index (Phi) is 4.13. The van der Waals surface area contributed by atoms with Gasteiger partial charge in [-0.1, -0.05) is 48.5 Å². The summed E-state index contributed by atoms with van der Waals surface area (Å²) in [5.41, 5.74) is 4.56. The van der Waals surface area contributed by atoms with Gasteiger partial charge in [0.1, 0.15) is 5.75 Å². The van der Waals surface area contributed by atoms with E-state index in [4.69, 9.17) is 4.74 Å². The molecule has 0 atom stereocenters. The zero-order valence-corrected chi connectivity index (χ0v) is 14.2. The zero-order valence-electron chi connectivity index (χ0n) is 14.2. The lowest BCUT2D eigenvalue weighted by atomic mass is 10.1. The van der Waals surface area contributed by atoms with E-state index in [0.717, 1.165) is 29.4 Å². The molecular formula is C22H20N2O. The van der Waals surface area contributed by atoms with Crippen LogP contribution in [0.5, 0.6) is 5.75 Å². The van der Waals surface area contributed by atoms with E-state index < -0.39 is 0 Å². The van der Waals surface area contributed by atoms with E-state index in [2.05, 4.69) is 70.6 Å². The van der Waals surface area contributed by atoms with Crippen LogP contribution in [-0.4, -0.2) is 13.8 Å². The van der Waals surface area contributed by atoms with Gasteiger partial charge < -0.3 is 14.5 Å². The molecule has 124 valence electrons. The van der Waals surface area contributed by atoms with Gasteiger partial charge in [0, 0.05) is 23.1 Å². The zero-order chi connectivity index (χ0) is 17.1. The molecule has 3 aromatic carbocycles. The van der Waals surface area contributed by atoms with Crippen molar-refractivity contribution >= 4 is 17.1 Å². The second kappa shape index (κ2) is 6.73. The lowest BCUT2D eigenvalue weighted by Gasteiger charge is -2.25. The molecule has 0 fully saturated rings. The Morgan fingerprint density at radius 2 is 1.32 bits per heavy atom. The molecular weight excluding hydrogens is 308 g/mol. The number of anilines is 2. The van der Waals surface area contributed by atoms with E-state index in [1.54, 1.807) is 7.11 Å². The van der Waals surface area contributed by atoms with Crippen LogP contribution in [0.1, 0.15) is 5.56 Å². The summed E-state index contributed by atoms with van der Waals surface area (Å²) >= 11 is 0. The molecule has 1 aliphatic rings. The fraction of sp³-hybridized carbons (Fsp3) is 0.0909. The number of ether oxygens (including phenoxy) is 1. The van der Waals surface area contributed by atoms with E-state index in [1.165, 1.54) is 5.69 Å². The fourth-order valence-corrected chi connectivity index (χ4v) is 3.16. The van der Waals surface area contributed by atoms with Crippen molar-refractivity contribution in [2.24, 2.45) is 0 Å². The van der Waals surface area contributed by atoms with E-state index in [0.29, 0.717) is 0 Å². The van der Waals surface area contributed by atoms with Gasteiger partial charge in [-0.3, -0.25) is 0 Å². The standard InChI is InChI=1S/C22H20N2O/c1-25-22-15-9-8-14-20(22)21-16-23(18-10-4-2-5-11-18)17-24(21)19-12-6-3-7-13-19/h2-16H,17H2,1H3. The Morgan fingerprint density at radius 1 is 0.720 bits per heavy atom. The summed E-state index contributed by atoms with van der Waals surface area (Å²) in [6.07, 6.45) is 2.19. The Labute approximate surface area is 148 Å². The number of rotatable bonds is 4. The highest BCUT2D eigenvalue weighted by molar-refractivity contribution is 5.86. The lowest BCUT2D eigenvalue weighted by molar-refractivity contribution is 0.413. The maximum atomic E-state index is 5.60. The minimum atomic E-state index is 0.765. The van der Waals surface area contributed by atoms with Crippen molar-refractivity contribution in [2.75, 3.05) is 23.6 Å². The van der Waals surface area contributed by atoms with Gasteiger partial charge in [-0.15, -0.1) is 0 Å². The number of methoxy groups -OCH3 is 1. The molecule has 3 nitrogen and oxygen atoms in total. The SMILES string of the molecule is COc1ccccc1C1=CN(c2ccccc2)CN1c1ccccc1. The number of hydrogen-bond acceptors (Lipinski definition) is 3. The van der Waals surface area contributed by atoms with Gasteiger partial charge >= 0.3 is 0 Å². The first-order valence-corrected chi connectivity index (χ1v) is 8.36. The fourth-order valence-electron chi connectivity index (χ4n) is 3.16. The predicted octanol–water partition coefficient (Wildman–Crippen LogP) is 4.98. The largest absolute Gasteiger partial charge is 0.496 e. The summed E-state index contributed by atoms with van der Waals surface area (Å²) in [6.45, 7) is 0.765. The van der Waals surface area contributed by atoms with Crippen LogP contribution in [0.15, 0.2) is 91.1 Å². The normalized spacial score (nSPS) is 13.7. The first kappa shape index (κ1) is 15.3. The van der Waals surface area contributed by atoms with Crippen molar-refractivity contribution in [1.82, 2.24) is 0 Å². The molecule has 0 aromatic heterocycles. The van der Waals surface area contributed by atoms with E-state index in [-0.39, 0.29) is 0 Å². The van der Waals surface area contributed by atoms with Crippen molar-refractivity contribution in [2.45, 2.75) is 0 Å². The third-order valence-corrected chi connectivity index (χ3v) is 4.40.